The van der Waals surface area contributed by atoms with E-state index in [-0.39, 0.29) is 11.9 Å². The lowest BCUT2D eigenvalue weighted by Gasteiger charge is -2.26. The molecule has 1 aliphatic heterocycles. The molecule has 0 radical (unpaired) electrons. The summed E-state index contributed by atoms with van der Waals surface area (Å²) in [6.07, 6.45) is 0. The number of anilines is 1. The summed E-state index contributed by atoms with van der Waals surface area (Å²) in [6, 6.07) is 15.2. The Morgan fingerprint density at radius 1 is 1.04 bits per heavy atom. The van der Waals surface area contributed by atoms with E-state index in [0.717, 1.165) is 30.1 Å². The first-order valence-electron chi connectivity index (χ1n) is 8.83. The van der Waals surface area contributed by atoms with E-state index in [2.05, 4.69) is 19.2 Å². The lowest BCUT2D eigenvalue weighted by Crippen LogP contribution is -3.12. The molecule has 132 valence electrons. The van der Waals surface area contributed by atoms with Crippen LogP contribution >= 0.6 is 0 Å². The van der Waals surface area contributed by atoms with Gasteiger partial charge in [-0.05, 0) is 26.0 Å². The van der Waals surface area contributed by atoms with Crippen LogP contribution in [0.15, 0.2) is 48.5 Å². The molecule has 0 aromatic heterocycles. The van der Waals surface area contributed by atoms with Crippen LogP contribution in [0.2, 0.25) is 0 Å². The summed E-state index contributed by atoms with van der Waals surface area (Å²) in [5, 5.41) is 3.04. The van der Waals surface area contributed by atoms with Gasteiger partial charge in [0.15, 0.2) is 17.5 Å². The van der Waals surface area contributed by atoms with E-state index in [1.807, 2.05) is 48.5 Å². The summed E-state index contributed by atoms with van der Waals surface area (Å²) < 4.78 is 11.1. The highest BCUT2D eigenvalue weighted by atomic mass is 16.6. The molecule has 0 fully saturated rings. The lowest BCUT2D eigenvalue weighted by atomic mass is 10.0. The Labute approximate surface area is 148 Å². The summed E-state index contributed by atoms with van der Waals surface area (Å²) >= 11 is 0. The predicted molar refractivity (Wildman–Crippen MR) is 97.3 cm³/mol. The van der Waals surface area contributed by atoms with Crippen molar-refractivity contribution in [3.05, 3.63) is 54.1 Å². The van der Waals surface area contributed by atoms with Gasteiger partial charge in [0.25, 0.3) is 5.91 Å². The Kier molecular flexibility index (Phi) is 5.56. The molecule has 0 bridgehead atoms. The van der Waals surface area contributed by atoms with Crippen molar-refractivity contribution in [3.8, 4) is 11.5 Å². The SMILES string of the molecule is CC[NH+](CC)C(C(=O)Nc1ccc2c(c1)OCCO2)c1ccccc1. The minimum absolute atomic E-state index is 0.0124. The summed E-state index contributed by atoms with van der Waals surface area (Å²) in [5.74, 6) is 1.38. The van der Waals surface area contributed by atoms with Crippen LogP contribution in [-0.2, 0) is 4.79 Å². The smallest absolute Gasteiger partial charge is 0.287 e. The maximum absolute atomic E-state index is 13.0. The number of fused-ring (bicyclic) bond motifs is 1. The fraction of sp³-hybridized carbons (Fsp3) is 0.350. The Morgan fingerprint density at radius 2 is 1.72 bits per heavy atom. The monoisotopic (exact) mass is 341 g/mol. The topological polar surface area (TPSA) is 52.0 Å². The second kappa shape index (κ2) is 8.03. The molecule has 1 aliphatic rings. The number of nitrogens with one attached hydrogen (secondary N) is 2. The first kappa shape index (κ1) is 17.3. The number of hydrogen-bond donors (Lipinski definition) is 2. The number of rotatable bonds is 6. The van der Waals surface area contributed by atoms with Crippen LogP contribution in [0.3, 0.4) is 0 Å². The summed E-state index contributed by atoms with van der Waals surface area (Å²) in [7, 11) is 0. The van der Waals surface area contributed by atoms with Crippen molar-refractivity contribution in [3.63, 3.8) is 0 Å². The number of amides is 1. The van der Waals surface area contributed by atoms with Crippen molar-refractivity contribution in [1.82, 2.24) is 0 Å². The quantitative estimate of drug-likeness (QED) is 0.846. The molecule has 2 N–H and O–H groups in total. The van der Waals surface area contributed by atoms with Crippen molar-refractivity contribution in [2.24, 2.45) is 0 Å². The molecule has 1 unspecified atom stereocenters. The van der Waals surface area contributed by atoms with Gasteiger partial charge in [-0.15, -0.1) is 0 Å². The van der Waals surface area contributed by atoms with Gasteiger partial charge in [0, 0.05) is 17.3 Å². The Hall–Kier alpha value is -2.53. The van der Waals surface area contributed by atoms with Gasteiger partial charge in [0.05, 0.1) is 13.1 Å². The van der Waals surface area contributed by atoms with Gasteiger partial charge in [-0.2, -0.15) is 0 Å². The number of carbonyl (C=O) groups excluding carboxylic acids is 1. The van der Waals surface area contributed by atoms with Crippen molar-refractivity contribution in [2.75, 3.05) is 31.6 Å². The maximum atomic E-state index is 13.0. The van der Waals surface area contributed by atoms with Crippen LogP contribution in [0, 0.1) is 0 Å². The third-order valence-electron chi connectivity index (χ3n) is 4.52. The molecule has 0 aliphatic carbocycles. The highest BCUT2D eigenvalue weighted by molar-refractivity contribution is 5.94. The molecule has 5 nitrogen and oxygen atoms in total. The van der Waals surface area contributed by atoms with Gasteiger partial charge in [-0.25, -0.2) is 0 Å². The number of likely N-dealkylation sites (N-methyl/N-ethyl adjacent to an activating group) is 1. The van der Waals surface area contributed by atoms with E-state index in [1.54, 1.807) is 0 Å². The number of carbonyl (C=O) groups is 1. The molecule has 25 heavy (non-hydrogen) atoms. The third kappa shape index (κ3) is 3.94. The molecule has 0 saturated carbocycles. The van der Waals surface area contributed by atoms with Crippen LogP contribution in [-0.4, -0.2) is 32.2 Å². The summed E-state index contributed by atoms with van der Waals surface area (Å²) in [6.45, 7) is 7.05. The second-order valence-electron chi connectivity index (χ2n) is 6.06. The van der Waals surface area contributed by atoms with Crippen LogP contribution in [0.1, 0.15) is 25.5 Å². The number of hydrogen-bond acceptors (Lipinski definition) is 3. The van der Waals surface area contributed by atoms with Crippen LogP contribution in [0.25, 0.3) is 0 Å². The highest BCUT2D eigenvalue weighted by Gasteiger charge is 2.29. The molecule has 1 amide bonds. The number of ether oxygens (including phenoxy) is 2. The van der Waals surface area contributed by atoms with Crippen LogP contribution < -0.4 is 19.7 Å². The standard InChI is InChI=1S/C20H24N2O3/c1-3-22(4-2)19(15-8-6-5-7-9-15)20(23)21-16-10-11-17-18(14-16)25-13-12-24-17/h5-11,14,19H,3-4,12-13H2,1-2H3,(H,21,23)/p+1. The average Bonchev–Trinajstić information content (AvgIpc) is 2.66. The molecule has 2 aromatic carbocycles. The first-order chi connectivity index (χ1) is 12.2. The molecular weight excluding hydrogens is 316 g/mol. The zero-order chi connectivity index (χ0) is 17.6. The van der Waals surface area contributed by atoms with Gasteiger partial charge in [-0.1, -0.05) is 30.3 Å². The van der Waals surface area contributed by atoms with Crippen LogP contribution in [0.5, 0.6) is 11.5 Å². The fourth-order valence-corrected chi connectivity index (χ4v) is 3.21. The minimum Gasteiger partial charge on any atom is -0.486 e. The molecule has 0 spiro atoms. The van der Waals surface area contributed by atoms with E-state index in [4.69, 9.17) is 9.47 Å². The molecule has 2 aromatic rings. The molecule has 1 heterocycles. The zero-order valence-corrected chi connectivity index (χ0v) is 14.7. The van der Waals surface area contributed by atoms with Crippen molar-refractivity contribution in [1.29, 1.82) is 0 Å². The molecule has 1 atom stereocenters. The lowest BCUT2D eigenvalue weighted by molar-refractivity contribution is -0.918. The van der Waals surface area contributed by atoms with Crippen molar-refractivity contribution >= 4 is 11.6 Å². The van der Waals surface area contributed by atoms with E-state index < -0.39 is 0 Å². The molecule has 5 heteroatoms. The number of quaternary nitrogens is 1. The molecular formula is C20H25N2O3+. The minimum atomic E-state index is -0.246. The Balaban J connectivity index is 1.83. The Bertz CT molecular complexity index is 714. The maximum Gasteiger partial charge on any atom is 0.287 e. The van der Waals surface area contributed by atoms with Gasteiger partial charge < -0.3 is 19.7 Å². The predicted octanol–water partition coefficient (Wildman–Crippen LogP) is 2.06. The molecule has 0 saturated heterocycles. The van der Waals surface area contributed by atoms with E-state index in [0.29, 0.717) is 19.0 Å². The van der Waals surface area contributed by atoms with Gasteiger partial charge in [-0.3, -0.25) is 4.79 Å². The first-order valence-corrected chi connectivity index (χ1v) is 8.83. The van der Waals surface area contributed by atoms with E-state index >= 15 is 0 Å². The summed E-state index contributed by atoms with van der Waals surface area (Å²) in [4.78, 5) is 14.3. The second-order valence-corrected chi connectivity index (χ2v) is 6.06. The molecule has 3 rings (SSSR count). The van der Waals surface area contributed by atoms with Gasteiger partial charge in [0.1, 0.15) is 13.2 Å². The van der Waals surface area contributed by atoms with Crippen molar-refractivity contribution < 1.29 is 19.2 Å². The summed E-state index contributed by atoms with van der Waals surface area (Å²) in [5.41, 5.74) is 1.75. The largest absolute Gasteiger partial charge is 0.486 e. The van der Waals surface area contributed by atoms with Gasteiger partial charge in [0.2, 0.25) is 0 Å². The van der Waals surface area contributed by atoms with Crippen molar-refractivity contribution in [2.45, 2.75) is 19.9 Å². The van der Waals surface area contributed by atoms with Gasteiger partial charge >= 0.3 is 0 Å². The third-order valence-corrected chi connectivity index (χ3v) is 4.52. The normalized spacial score (nSPS) is 14.2. The highest BCUT2D eigenvalue weighted by Crippen LogP contribution is 2.32. The Morgan fingerprint density at radius 3 is 2.40 bits per heavy atom. The van der Waals surface area contributed by atoms with E-state index in [9.17, 15) is 4.79 Å². The van der Waals surface area contributed by atoms with E-state index in [1.165, 1.54) is 4.90 Å². The zero-order valence-electron chi connectivity index (χ0n) is 14.7. The average molecular weight is 341 g/mol. The number of benzene rings is 2. The fourth-order valence-electron chi connectivity index (χ4n) is 3.21. The van der Waals surface area contributed by atoms with Crippen LogP contribution in [0.4, 0.5) is 5.69 Å².